The summed E-state index contributed by atoms with van der Waals surface area (Å²) in [6, 6.07) is 1.80. The highest BCUT2D eigenvalue weighted by atomic mass is 16.5. The van der Waals surface area contributed by atoms with E-state index >= 15 is 0 Å². The monoisotopic (exact) mass is 180 g/mol. The SMILES string of the molecule is Cc1cc(CC/C(O)=C\[N+]#N)on1. The second kappa shape index (κ2) is 4.26. The number of aryl methyl sites for hydroxylation is 2. The number of allylic oxidation sites excluding steroid dienone is 1. The lowest BCUT2D eigenvalue weighted by molar-refractivity contribution is 0.355. The summed E-state index contributed by atoms with van der Waals surface area (Å²) in [4.78, 5) is 2.69. The van der Waals surface area contributed by atoms with Crippen LogP contribution in [0.4, 0.5) is 0 Å². The lowest BCUT2D eigenvalue weighted by Crippen LogP contribution is -1.85. The minimum atomic E-state index is 0.0107. The third-order valence-electron chi connectivity index (χ3n) is 1.51. The van der Waals surface area contributed by atoms with Crippen LogP contribution in [0, 0.1) is 12.3 Å². The molecule has 0 amide bonds. The molecule has 0 unspecified atom stereocenters. The topological polar surface area (TPSA) is 74.4 Å². The summed E-state index contributed by atoms with van der Waals surface area (Å²) in [6.45, 7) is 1.83. The fourth-order valence-corrected chi connectivity index (χ4v) is 0.917. The molecule has 5 heteroatoms. The van der Waals surface area contributed by atoms with Gasteiger partial charge in [-0.1, -0.05) is 5.16 Å². The summed E-state index contributed by atoms with van der Waals surface area (Å²) in [5.41, 5.74) is 0.810. The van der Waals surface area contributed by atoms with E-state index in [2.05, 4.69) is 10.1 Å². The van der Waals surface area contributed by atoms with Crippen LogP contribution in [0.5, 0.6) is 0 Å². The van der Waals surface area contributed by atoms with Crippen molar-refractivity contribution in [1.82, 2.24) is 5.16 Å². The first-order valence-electron chi connectivity index (χ1n) is 3.87. The van der Waals surface area contributed by atoms with Crippen molar-refractivity contribution in [1.29, 1.82) is 5.39 Å². The van der Waals surface area contributed by atoms with E-state index in [4.69, 9.17) is 15.0 Å². The molecule has 1 aromatic heterocycles. The fraction of sp³-hybridized carbons (Fsp3) is 0.375. The molecular formula is C8H10N3O2+. The van der Waals surface area contributed by atoms with Crippen molar-refractivity contribution in [3.8, 4) is 0 Å². The first-order valence-corrected chi connectivity index (χ1v) is 3.87. The Morgan fingerprint density at radius 3 is 3.15 bits per heavy atom. The molecule has 0 fully saturated rings. The van der Waals surface area contributed by atoms with Gasteiger partial charge in [0.2, 0.25) is 5.39 Å². The van der Waals surface area contributed by atoms with Crippen LogP contribution >= 0.6 is 0 Å². The van der Waals surface area contributed by atoms with Gasteiger partial charge in [-0.3, -0.25) is 0 Å². The van der Waals surface area contributed by atoms with Crippen molar-refractivity contribution in [3.63, 3.8) is 0 Å². The first-order chi connectivity index (χ1) is 6.22. The van der Waals surface area contributed by atoms with Crippen molar-refractivity contribution >= 4 is 0 Å². The van der Waals surface area contributed by atoms with Gasteiger partial charge in [0.15, 0.2) is 10.7 Å². The zero-order chi connectivity index (χ0) is 9.68. The van der Waals surface area contributed by atoms with Gasteiger partial charge in [0.1, 0.15) is 5.76 Å². The van der Waals surface area contributed by atoms with Gasteiger partial charge in [-0.2, -0.15) is 0 Å². The lowest BCUT2D eigenvalue weighted by atomic mass is 10.2. The van der Waals surface area contributed by atoms with Crippen molar-refractivity contribution in [2.75, 3.05) is 0 Å². The fourth-order valence-electron chi connectivity index (χ4n) is 0.917. The molecule has 0 radical (unpaired) electrons. The molecule has 0 aliphatic heterocycles. The van der Waals surface area contributed by atoms with Crippen LogP contribution < -0.4 is 0 Å². The Morgan fingerprint density at radius 1 is 1.85 bits per heavy atom. The molecule has 0 aromatic carbocycles. The molecule has 0 saturated heterocycles. The molecule has 0 atom stereocenters. The Kier molecular flexibility index (Phi) is 3.03. The molecule has 13 heavy (non-hydrogen) atoms. The highest BCUT2D eigenvalue weighted by molar-refractivity contribution is 5.05. The van der Waals surface area contributed by atoms with Gasteiger partial charge in [-0.25, -0.2) is 0 Å². The minimum absolute atomic E-state index is 0.0107. The largest absolute Gasteiger partial charge is 0.505 e. The Morgan fingerprint density at radius 2 is 2.62 bits per heavy atom. The van der Waals surface area contributed by atoms with Crippen molar-refractivity contribution in [2.45, 2.75) is 19.8 Å². The van der Waals surface area contributed by atoms with Crippen molar-refractivity contribution in [3.05, 3.63) is 34.5 Å². The number of hydrogen-bond acceptors (Lipinski definition) is 4. The van der Waals surface area contributed by atoms with Gasteiger partial charge in [0.25, 0.3) is 0 Å². The van der Waals surface area contributed by atoms with Gasteiger partial charge < -0.3 is 9.63 Å². The summed E-state index contributed by atoms with van der Waals surface area (Å²) < 4.78 is 4.91. The van der Waals surface area contributed by atoms with Gasteiger partial charge >= 0.3 is 6.20 Å². The normalized spacial score (nSPS) is 11.2. The predicted molar refractivity (Wildman–Crippen MR) is 45.4 cm³/mol. The number of rotatable bonds is 3. The van der Waals surface area contributed by atoms with Gasteiger partial charge in [0.05, 0.1) is 5.69 Å². The highest BCUT2D eigenvalue weighted by Gasteiger charge is 2.04. The molecule has 0 spiro atoms. The van der Waals surface area contributed by atoms with Crippen molar-refractivity contribution < 1.29 is 9.63 Å². The molecule has 0 saturated carbocycles. The molecule has 1 rings (SSSR count). The van der Waals surface area contributed by atoms with Crippen LogP contribution in [0.25, 0.3) is 4.98 Å². The maximum Gasteiger partial charge on any atom is 0.387 e. The summed E-state index contributed by atoms with van der Waals surface area (Å²) in [7, 11) is 0. The van der Waals surface area contributed by atoms with E-state index < -0.39 is 0 Å². The summed E-state index contributed by atoms with van der Waals surface area (Å²) in [6.07, 6.45) is 1.90. The quantitative estimate of drug-likeness (QED) is 0.571. The van der Waals surface area contributed by atoms with Crippen LogP contribution in [-0.4, -0.2) is 10.3 Å². The Hall–Kier alpha value is -1.83. The van der Waals surface area contributed by atoms with E-state index in [1.807, 2.05) is 6.92 Å². The number of aromatic nitrogens is 1. The standard InChI is InChI=1S/C8H9N3O2/c1-6-4-8(13-11-6)3-2-7(12)5-10-9/h4-5H,2-3H2,1H3/p+1/b7-5+. The maximum atomic E-state index is 9.06. The highest BCUT2D eigenvalue weighted by Crippen LogP contribution is 2.08. The summed E-state index contributed by atoms with van der Waals surface area (Å²) >= 11 is 0. The lowest BCUT2D eigenvalue weighted by Gasteiger charge is -1.90. The zero-order valence-electron chi connectivity index (χ0n) is 7.27. The molecule has 1 aromatic rings. The van der Waals surface area contributed by atoms with Gasteiger partial charge in [0, 0.05) is 18.9 Å². The Bertz CT molecular complexity index is 349. The molecule has 0 bridgehead atoms. The van der Waals surface area contributed by atoms with E-state index in [0.29, 0.717) is 18.6 Å². The molecule has 1 N–H and O–H groups in total. The maximum absolute atomic E-state index is 9.06. The third kappa shape index (κ3) is 2.95. The molecule has 0 aliphatic carbocycles. The van der Waals surface area contributed by atoms with E-state index in [9.17, 15) is 0 Å². The molecule has 1 heterocycles. The average molecular weight is 180 g/mol. The van der Waals surface area contributed by atoms with Crippen LogP contribution in [0.2, 0.25) is 0 Å². The molecule has 0 aliphatic rings. The number of aliphatic hydroxyl groups is 1. The summed E-state index contributed by atoms with van der Waals surface area (Å²) in [5, 5.41) is 20.8. The Labute approximate surface area is 75.3 Å². The smallest absolute Gasteiger partial charge is 0.387 e. The second-order valence-electron chi connectivity index (χ2n) is 2.67. The van der Waals surface area contributed by atoms with Crippen LogP contribution in [0.1, 0.15) is 17.9 Å². The average Bonchev–Trinajstić information content (AvgIpc) is 2.49. The van der Waals surface area contributed by atoms with Gasteiger partial charge in [-0.05, 0) is 6.92 Å². The van der Waals surface area contributed by atoms with Crippen LogP contribution in [-0.2, 0) is 6.42 Å². The number of aliphatic hydroxyl groups excluding tert-OH is 1. The van der Waals surface area contributed by atoms with E-state index in [1.165, 1.54) is 0 Å². The van der Waals surface area contributed by atoms with Crippen LogP contribution in [0.3, 0.4) is 0 Å². The summed E-state index contributed by atoms with van der Waals surface area (Å²) in [5.74, 6) is 0.715. The van der Waals surface area contributed by atoms with E-state index in [1.54, 1.807) is 6.07 Å². The van der Waals surface area contributed by atoms with Crippen molar-refractivity contribution in [2.24, 2.45) is 0 Å². The number of diazo groups is 1. The van der Waals surface area contributed by atoms with E-state index in [0.717, 1.165) is 11.9 Å². The van der Waals surface area contributed by atoms with E-state index in [-0.39, 0.29) is 5.76 Å². The number of nitrogens with zero attached hydrogens (tertiary/aromatic N) is 3. The molecule has 5 nitrogen and oxygen atoms in total. The molecule has 68 valence electrons. The first kappa shape index (κ1) is 9.26. The predicted octanol–water partition coefficient (Wildman–Crippen LogP) is 2.17. The number of hydrogen-bond donors (Lipinski definition) is 1. The third-order valence-corrected chi connectivity index (χ3v) is 1.51. The second-order valence-corrected chi connectivity index (χ2v) is 2.67. The molecular weight excluding hydrogens is 170 g/mol. The zero-order valence-corrected chi connectivity index (χ0v) is 7.27. The van der Waals surface area contributed by atoms with Gasteiger partial charge in [-0.15, -0.1) is 0 Å². The minimum Gasteiger partial charge on any atom is -0.505 e. The van der Waals surface area contributed by atoms with Crippen LogP contribution in [0.15, 0.2) is 22.5 Å². The Balaban J connectivity index is 2.44.